The maximum atomic E-state index is 10.7. The number of benzene rings is 2. The first-order chi connectivity index (χ1) is 8.79. The lowest BCUT2D eigenvalue weighted by molar-refractivity contribution is -0.105. The van der Waals surface area contributed by atoms with Crippen LogP contribution in [-0.4, -0.2) is 11.4 Å². The van der Waals surface area contributed by atoms with Gasteiger partial charge < -0.3 is 5.32 Å². The highest BCUT2D eigenvalue weighted by Crippen LogP contribution is 2.30. The van der Waals surface area contributed by atoms with E-state index in [1.165, 1.54) is 0 Å². The van der Waals surface area contributed by atoms with Crippen molar-refractivity contribution in [2.45, 2.75) is 6.92 Å². The van der Waals surface area contributed by atoms with Crippen LogP contribution in [-0.2, 0) is 4.79 Å². The van der Waals surface area contributed by atoms with Gasteiger partial charge in [0.05, 0.1) is 5.52 Å². The molecule has 0 saturated carbocycles. The molecular weight excluding hydrogens is 224 g/mol. The SMILES string of the molecule is Cc1cnc2c(c1)cc(NC=O)c1ccccc12. The molecular formula is C15H12N2O. The van der Waals surface area contributed by atoms with Crippen LogP contribution in [0.25, 0.3) is 21.7 Å². The van der Waals surface area contributed by atoms with Crippen LogP contribution < -0.4 is 5.32 Å². The lowest BCUT2D eigenvalue weighted by Crippen LogP contribution is -1.96. The number of aryl methyl sites for hydroxylation is 1. The number of nitrogens with one attached hydrogen (secondary N) is 1. The minimum atomic E-state index is 0.705. The molecule has 0 fully saturated rings. The first kappa shape index (κ1) is 10.7. The van der Waals surface area contributed by atoms with Crippen molar-refractivity contribution in [1.29, 1.82) is 0 Å². The number of aromatic nitrogens is 1. The van der Waals surface area contributed by atoms with Crippen molar-refractivity contribution >= 4 is 33.8 Å². The summed E-state index contributed by atoms with van der Waals surface area (Å²) in [4.78, 5) is 15.2. The molecule has 0 unspecified atom stereocenters. The van der Waals surface area contributed by atoms with Crippen molar-refractivity contribution < 1.29 is 4.79 Å². The monoisotopic (exact) mass is 236 g/mol. The molecule has 0 spiro atoms. The summed E-state index contributed by atoms with van der Waals surface area (Å²) in [5, 5.41) is 5.86. The molecule has 3 nitrogen and oxygen atoms in total. The maximum absolute atomic E-state index is 10.7. The Morgan fingerprint density at radius 2 is 1.94 bits per heavy atom. The zero-order chi connectivity index (χ0) is 12.5. The van der Waals surface area contributed by atoms with E-state index in [9.17, 15) is 4.79 Å². The molecule has 0 aliphatic rings. The molecule has 2 aromatic carbocycles. The molecule has 1 heterocycles. The molecule has 1 aromatic heterocycles. The molecule has 18 heavy (non-hydrogen) atoms. The highest BCUT2D eigenvalue weighted by atomic mass is 16.1. The van der Waals surface area contributed by atoms with E-state index in [4.69, 9.17) is 0 Å². The van der Waals surface area contributed by atoms with Gasteiger partial charge >= 0.3 is 0 Å². The van der Waals surface area contributed by atoms with E-state index in [2.05, 4.69) is 16.4 Å². The molecule has 1 N–H and O–H groups in total. The highest BCUT2D eigenvalue weighted by molar-refractivity contribution is 6.12. The second kappa shape index (κ2) is 4.11. The number of carbonyl (C=O) groups excluding carboxylic acids is 1. The van der Waals surface area contributed by atoms with E-state index in [-0.39, 0.29) is 0 Å². The predicted molar refractivity (Wildman–Crippen MR) is 73.7 cm³/mol. The average molecular weight is 236 g/mol. The highest BCUT2D eigenvalue weighted by Gasteiger charge is 2.06. The molecule has 0 radical (unpaired) electrons. The lowest BCUT2D eigenvalue weighted by Gasteiger charge is -2.09. The van der Waals surface area contributed by atoms with Gasteiger partial charge in [-0.2, -0.15) is 0 Å². The van der Waals surface area contributed by atoms with Crippen LogP contribution in [0.15, 0.2) is 42.6 Å². The second-order valence-electron chi connectivity index (χ2n) is 4.32. The Kier molecular flexibility index (Phi) is 2.45. The van der Waals surface area contributed by atoms with Gasteiger partial charge in [0.1, 0.15) is 0 Å². The largest absolute Gasteiger partial charge is 0.328 e. The van der Waals surface area contributed by atoms with Gasteiger partial charge in [-0.3, -0.25) is 9.78 Å². The van der Waals surface area contributed by atoms with Crippen LogP contribution in [0.5, 0.6) is 0 Å². The number of nitrogens with zero attached hydrogens (tertiary/aromatic N) is 1. The number of hydrogen-bond acceptors (Lipinski definition) is 2. The fourth-order valence-corrected chi connectivity index (χ4v) is 2.27. The number of carbonyl (C=O) groups is 1. The minimum Gasteiger partial charge on any atom is -0.328 e. The Morgan fingerprint density at radius 1 is 1.17 bits per heavy atom. The first-order valence-corrected chi connectivity index (χ1v) is 5.78. The van der Waals surface area contributed by atoms with Crippen LogP contribution >= 0.6 is 0 Å². The average Bonchev–Trinajstić information content (AvgIpc) is 2.39. The Bertz CT molecular complexity index is 750. The van der Waals surface area contributed by atoms with E-state index in [1.54, 1.807) is 0 Å². The summed E-state index contributed by atoms with van der Waals surface area (Å²) in [5.74, 6) is 0. The van der Waals surface area contributed by atoms with Crippen LogP contribution in [0.1, 0.15) is 5.56 Å². The summed E-state index contributed by atoms with van der Waals surface area (Å²) in [5.41, 5.74) is 2.89. The molecule has 0 saturated heterocycles. The third-order valence-electron chi connectivity index (χ3n) is 3.04. The van der Waals surface area contributed by atoms with Crippen LogP contribution in [0.2, 0.25) is 0 Å². The Morgan fingerprint density at radius 3 is 2.72 bits per heavy atom. The van der Waals surface area contributed by atoms with Gasteiger partial charge in [-0.25, -0.2) is 0 Å². The lowest BCUT2D eigenvalue weighted by atomic mass is 10.0. The van der Waals surface area contributed by atoms with Gasteiger partial charge in [0.15, 0.2) is 0 Å². The quantitative estimate of drug-likeness (QED) is 0.548. The number of pyridine rings is 1. The van der Waals surface area contributed by atoms with Crippen molar-refractivity contribution in [1.82, 2.24) is 4.98 Å². The third kappa shape index (κ3) is 1.61. The Balaban J connectivity index is 2.48. The van der Waals surface area contributed by atoms with E-state index in [1.807, 2.05) is 43.5 Å². The van der Waals surface area contributed by atoms with Gasteiger partial charge in [0.2, 0.25) is 6.41 Å². The molecule has 0 aliphatic carbocycles. The van der Waals surface area contributed by atoms with E-state index < -0.39 is 0 Å². The van der Waals surface area contributed by atoms with Crippen molar-refractivity contribution in [3.05, 3.63) is 48.2 Å². The van der Waals surface area contributed by atoms with Crippen LogP contribution in [0.4, 0.5) is 5.69 Å². The van der Waals surface area contributed by atoms with Crippen molar-refractivity contribution in [2.75, 3.05) is 5.32 Å². The van der Waals surface area contributed by atoms with E-state index in [0.29, 0.717) is 6.41 Å². The standard InChI is InChI=1S/C15H12N2O/c1-10-6-11-7-14(17-9-18)12-4-2-3-5-13(12)15(11)16-8-10/h2-9H,1H3,(H,17,18). The normalized spacial score (nSPS) is 10.7. The summed E-state index contributed by atoms with van der Waals surface area (Å²) < 4.78 is 0. The number of fused-ring (bicyclic) bond motifs is 3. The Hall–Kier alpha value is -2.42. The van der Waals surface area contributed by atoms with Crippen molar-refractivity contribution in [3.63, 3.8) is 0 Å². The molecule has 3 aromatic rings. The fraction of sp³-hybridized carbons (Fsp3) is 0.0667. The number of hydrogen-bond donors (Lipinski definition) is 1. The summed E-state index contributed by atoms with van der Waals surface area (Å²) in [7, 11) is 0. The van der Waals surface area contributed by atoms with E-state index in [0.717, 1.165) is 32.9 Å². The van der Waals surface area contributed by atoms with Gasteiger partial charge in [0.25, 0.3) is 0 Å². The smallest absolute Gasteiger partial charge is 0.211 e. The maximum Gasteiger partial charge on any atom is 0.211 e. The summed E-state index contributed by atoms with van der Waals surface area (Å²) in [6, 6.07) is 12.0. The van der Waals surface area contributed by atoms with Gasteiger partial charge in [-0.05, 0) is 24.6 Å². The molecule has 88 valence electrons. The van der Waals surface area contributed by atoms with Crippen molar-refractivity contribution in [2.24, 2.45) is 0 Å². The minimum absolute atomic E-state index is 0.705. The van der Waals surface area contributed by atoms with Crippen LogP contribution in [0, 0.1) is 6.92 Å². The molecule has 0 bridgehead atoms. The molecule has 0 atom stereocenters. The van der Waals surface area contributed by atoms with Crippen LogP contribution in [0.3, 0.4) is 0 Å². The predicted octanol–water partition coefficient (Wildman–Crippen LogP) is 3.26. The third-order valence-corrected chi connectivity index (χ3v) is 3.04. The molecule has 3 heteroatoms. The molecule has 3 rings (SSSR count). The summed E-state index contributed by atoms with van der Waals surface area (Å²) in [6.07, 6.45) is 2.57. The van der Waals surface area contributed by atoms with Crippen molar-refractivity contribution in [3.8, 4) is 0 Å². The number of rotatable bonds is 2. The molecule has 0 aliphatic heterocycles. The fourth-order valence-electron chi connectivity index (χ4n) is 2.27. The second-order valence-corrected chi connectivity index (χ2v) is 4.32. The van der Waals surface area contributed by atoms with Gasteiger partial charge in [-0.1, -0.05) is 24.3 Å². The molecule has 1 amide bonds. The van der Waals surface area contributed by atoms with E-state index >= 15 is 0 Å². The van der Waals surface area contributed by atoms with Gasteiger partial charge in [0, 0.05) is 28.0 Å². The zero-order valence-electron chi connectivity index (χ0n) is 9.97. The topological polar surface area (TPSA) is 42.0 Å². The summed E-state index contributed by atoms with van der Waals surface area (Å²) >= 11 is 0. The zero-order valence-corrected chi connectivity index (χ0v) is 9.97. The van der Waals surface area contributed by atoms with Gasteiger partial charge in [-0.15, -0.1) is 0 Å². The summed E-state index contributed by atoms with van der Waals surface area (Å²) in [6.45, 7) is 2.01. The Labute approximate surface area is 104 Å². The first-order valence-electron chi connectivity index (χ1n) is 5.78. The number of anilines is 1. The number of amides is 1.